The van der Waals surface area contributed by atoms with Gasteiger partial charge in [0.1, 0.15) is 11.5 Å². The molecule has 7 nitrogen and oxygen atoms in total. The normalized spacial score (nSPS) is 14.7. The number of carbonyl (C=O) groups is 2. The molecule has 0 bridgehead atoms. The number of ether oxygens (including phenoxy) is 3. The summed E-state index contributed by atoms with van der Waals surface area (Å²) < 4.78 is 16.0. The predicted molar refractivity (Wildman–Crippen MR) is 145 cm³/mol. The summed E-state index contributed by atoms with van der Waals surface area (Å²) in [7, 11) is 1.61. The zero-order chi connectivity index (χ0) is 26.5. The maximum atomic E-state index is 13.2. The first-order valence-corrected chi connectivity index (χ1v) is 12.4. The molecule has 1 atom stereocenters. The highest BCUT2D eigenvalue weighted by Crippen LogP contribution is 2.34. The highest BCUT2D eigenvalue weighted by molar-refractivity contribution is 6.05. The Labute approximate surface area is 221 Å². The minimum absolute atomic E-state index is 0.287. The van der Waals surface area contributed by atoms with Crippen LogP contribution in [0.1, 0.15) is 29.2 Å². The fourth-order valence-corrected chi connectivity index (χ4v) is 4.47. The summed E-state index contributed by atoms with van der Waals surface area (Å²) in [6.07, 6.45) is 0.529. The first-order chi connectivity index (χ1) is 18.5. The number of fused-ring (bicyclic) bond motifs is 1. The van der Waals surface area contributed by atoms with Crippen molar-refractivity contribution in [2.45, 2.75) is 19.4 Å². The van der Waals surface area contributed by atoms with E-state index in [4.69, 9.17) is 19.3 Å². The summed E-state index contributed by atoms with van der Waals surface area (Å²) in [6.45, 7) is 1.22. The molecule has 192 valence electrons. The fourth-order valence-electron chi connectivity index (χ4n) is 4.47. The molecular weight excluding hydrogens is 480 g/mol. The highest BCUT2D eigenvalue weighted by atomic mass is 16.6. The van der Waals surface area contributed by atoms with Crippen LogP contribution in [0.2, 0.25) is 0 Å². The molecule has 0 fully saturated rings. The van der Waals surface area contributed by atoms with E-state index in [1.807, 2.05) is 67.6 Å². The molecule has 0 radical (unpaired) electrons. The largest absolute Gasteiger partial charge is 0.497 e. The van der Waals surface area contributed by atoms with Gasteiger partial charge in [-0.3, -0.25) is 4.79 Å². The van der Waals surface area contributed by atoms with Crippen molar-refractivity contribution in [2.75, 3.05) is 20.3 Å². The Balaban J connectivity index is 1.32. The minimum atomic E-state index is -0.626. The number of esters is 1. The van der Waals surface area contributed by atoms with Crippen molar-refractivity contribution in [3.63, 3.8) is 0 Å². The molecule has 1 aliphatic heterocycles. The van der Waals surface area contributed by atoms with Crippen molar-refractivity contribution in [2.24, 2.45) is 5.10 Å². The molecule has 1 heterocycles. The molecule has 5 rings (SSSR count). The number of aryl methyl sites for hydroxylation is 1. The summed E-state index contributed by atoms with van der Waals surface area (Å²) in [5.41, 5.74) is 3.66. The Kier molecular flexibility index (Phi) is 7.35. The van der Waals surface area contributed by atoms with Crippen molar-refractivity contribution < 1.29 is 23.8 Å². The molecule has 0 saturated heterocycles. The third kappa shape index (κ3) is 5.67. The van der Waals surface area contributed by atoms with Crippen molar-refractivity contribution in [3.8, 4) is 11.5 Å². The smallest absolute Gasteiger partial charge is 0.344 e. The fraction of sp³-hybridized carbons (Fsp3) is 0.194. The lowest BCUT2D eigenvalue weighted by Gasteiger charge is -2.22. The van der Waals surface area contributed by atoms with Crippen molar-refractivity contribution >= 4 is 28.4 Å². The molecule has 1 unspecified atom stereocenters. The lowest BCUT2D eigenvalue weighted by atomic mass is 9.97. The van der Waals surface area contributed by atoms with E-state index in [-0.39, 0.29) is 12.6 Å². The summed E-state index contributed by atoms with van der Waals surface area (Å²) >= 11 is 0. The second kappa shape index (κ2) is 11.2. The van der Waals surface area contributed by atoms with Crippen LogP contribution in [0.4, 0.5) is 0 Å². The van der Waals surface area contributed by atoms with E-state index in [1.54, 1.807) is 13.2 Å². The number of hydrogen-bond donors (Lipinski definition) is 0. The highest BCUT2D eigenvalue weighted by Gasteiger charge is 2.33. The van der Waals surface area contributed by atoms with E-state index in [0.717, 1.165) is 38.9 Å². The molecule has 0 saturated carbocycles. The van der Waals surface area contributed by atoms with Gasteiger partial charge in [0.2, 0.25) is 0 Å². The van der Waals surface area contributed by atoms with E-state index >= 15 is 0 Å². The number of nitrogens with zero attached hydrogens (tertiary/aromatic N) is 2. The van der Waals surface area contributed by atoms with Crippen LogP contribution in [-0.2, 0) is 14.3 Å². The van der Waals surface area contributed by atoms with Gasteiger partial charge in [-0.1, -0.05) is 60.7 Å². The van der Waals surface area contributed by atoms with Crippen LogP contribution >= 0.6 is 0 Å². The molecule has 0 aromatic heterocycles. The molecule has 0 N–H and O–H groups in total. The summed E-state index contributed by atoms with van der Waals surface area (Å²) in [4.78, 5) is 25.5. The number of methoxy groups -OCH3 is 1. The summed E-state index contributed by atoms with van der Waals surface area (Å²) in [6, 6.07) is 28.8. The van der Waals surface area contributed by atoms with Crippen LogP contribution in [0.25, 0.3) is 10.8 Å². The average molecular weight is 509 g/mol. The Morgan fingerprint density at radius 3 is 2.42 bits per heavy atom. The van der Waals surface area contributed by atoms with Crippen LogP contribution in [-0.4, -0.2) is 42.9 Å². The second-order valence-corrected chi connectivity index (χ2v) is 9.11. The molecule has 1 amide bonds. The van der Waals surface area contributed by atoms with E-state index < -0.39 is 18.5 Å². The average Bonchev–Trinajstić information content (AvgIpc) is 3.40. The van der Waals surface area contributed by atoms with Gasteiger partial charge in [0.05, 0.1) is 18.9 Å². The summed E-state index contributed by atoms with van der Waals surface area (Å²) in [5.74, 6) is 0.254. The second-order valence-electron chi connectivity index (χ2n) is 9.11. The Bertz CT molecular complexity index is 1500. The van der Waals surface area contributed by atoms with Gasteiger partial charge in [0, 0.05) is 6.42 Å². The monoisotopic (exact) mass is 508 g/mol. The standard InChI is InChI=1S/C31H28N2O5/c1-21-6-5-9-27(16-21)37-20-31(35)38-19-30(34)33-29(23-12-14-26(36-2)15-13-23)18-28(32-33)25-11-10-22-7-3-4-8-24(22)17-25/h3-17,29H,18-20H2,1-2H3. The van der Waals surface area contributed by atoms with Crippen molar-refractivity contribution in [3.05, 3.63) is 108 Å². The van der Waals surface area contributed by atoms with E-state index in [9.17, 15) is 9.59 Å². The number of benzene rings is 4. The molecule has 1 aliphatic rings. The minimum Gasteiger partial charge on any atom is -0.497 e. The maximum absolute atomic E-state index is 13.2. The van der Waals surface area contributed by atoms with Gasteiger partial charge >= 0.3 is 5.97 Å². The third-order valence-corrected chi connectivity index (χ3v) is 6.45. The first-order valence-electron chi connectivity index (χ1n) is 12.4. The molecule has 0 spiro atoms. The van der Waals surface area contributed by atoms with Gasteiger partial charge in [-0.05, 0) is 64.7 Å². The number of hydrazone groups is 1. The van der Waals surface area contributed by atoms with Gasteiger partial charge in [-0.2, -0.15) is 5.10 Å². The molecule has 7 heteroatoms. The van der Waals surface area contributed by atoms with E-state index in [0.29, 0.717) is 12.2 Å². The third-order valence-electron chi connectivity index (χ3n) is 6.45. The molecule has 4 aromatic carbocycles. The zero-order valence-corrected chi connectivity index (χ0v) is 21.3. The molecule has 0 aliphatic carbocycles. The number of amides is 1. The van der Waals surface area contributed by atoms with Gasteiger partial charge < -0.3 is 14.2 Å². The van der Waals surface area contributed by atoms with Gasteiger partial charge in [0.25, 0.3) is 5.91 Å². The van der Waals surface area contributed by atoms with Crippen molar-refractivity contribution in [1.82, 2.24) is 5.01 Å². The van der Waals surface area contributed by atoms with Crippen molar-refractivity contribution in [1.29, 1.82) is 0 Å². The van der Waals surface area contributed by atoms with E-state index in [2.05, 4.69) is 24.3 Å². The molecule has 4 aromatic rings. The SMILES string of the molecule is COc1ccc(C2CC(c3ccc4ccccc4c3)=NN2C(=O)COC(=O)COc2cccc(C)c2)cc1. The molecular formula is C31H28N2O5. The number of rotatable bonds is 8. The Morgan fingerprint density at radius 2 is 1.66 bits per heavy atom. The van der Waals surface area contributed by atoms with Crippen LogP contribution in [0, 0.1) is 6.92 Å². The summed E-state index contributed by atoms with van der Waals surface area (Å²) in [5, 5.41) is 8.34. The van der Waals surface area contributed by atoms with Gasteiger partial charge in [0.15, 0.2) is 13.2 Å². The predicted octanol–water partition coefficient (Wildman–Crippen LogP) is 5.46. The molecule has 38 heavy (non-hydrogen) atoms. The zero-order valence-electron chi connectivity index (χ0n) is 21.3. The van der Waals surface area contributed by atoms with Crippen LogP contribution in [0.5, 0.6) is 11.5 Å². The first kappa shape index (κ1) is 25.0. The number of carbonyl (C=O) groups excluding carboxylic acids is 2. The van der Waals surface area contributed by atoms with E-state index in [1.165, 1.54) is 5.01 Å². The lowest BCUT2D eigenvalue weighted by molar-refractivity contribution is -0.154. The number of hydrogen-bond acceptors (Lipinski definition) is 6. The van der Waals surface area contributed by atoms with Crippen LogP contribution in [0.3, 0.4) is 0 Å². The van der Waals surface area contributed by atoms with Crippen LogP contribution in [0.15, 0.2) is 96.1 Å². The van der Waals surface area contributed by atoms with Gasteiger partial charge in [-0.25, -0.2) is 9.80 Å². The Morgan fingerprint density at radius 1 is 0.868 bits per heavy atom. The quantitative estimate of drug-likeness (QED) is 0.296. The van der Waals surface area contributed by atoms with Crippen LogP contribution < -0.4 is 9.47 Å². The maximum Gasteiger partial charge on any atom is 0.344 e. The Hall–Kier alpha value is -4.65. The topological polar surface area (TPSA) is 77.4 Å². The lowest BCUT2D eigenvalue weighted by Crippen LogP contribution is -2.32. The van der Waals surface area contributed by atoms with Gasteiger partial charge in [-0.15, -0.1) is 0 Å².